The van der Waals surface area contributed by atoms with Gasteiger partial charge in [-0.2, -0.15) is 0 Å². The fourth-order valence-electron chi connectivity index (χ4n) is 1.79. The van der Waals surface area contributed by atoms with Crippen LogP contribution in [0.25, 0.3) is 0 Å². The van der Waals surface area contributed by atoms with Crippen LogP contribution in [0.3, 0.4) is 0 Å². The summed E-state index contributed by atoms with van der Waals surface area (Å²) in [5, 5.41) is 3.14. The van der Waals surface area contributed by atoms with Gasteiger partial charge in [-0.25, -0.2) is 0 Å². The minimum atomic E-state index is 0.189. The van der Waals surface area contributed by atoms with Crippen LogP contribution in [0.2, 0.25) is 0 Å². The molecule has 1 fully saturated rings. The smallest absolute Gasteiger partial charge is 0.138 e. The third-order valence-electron chi connectivity index (χ3n) is 2.59. The van der Waals surface area contributed by atoms with Crippen molar-refractivity contribution in [2.75, 3.05) is 20.3 Å². The van der Waals surface area contributed by atoms with Gasteiger partial charge in [0.1, 0.15) is 11.9 Å². The normalized spacial score (nSPS) is 20.0. The summed E-state index contributed by atoms with van der Waals surface area (Å²) in [5.41, 5.74) is 1.17. The van der Waals surface area contributed by atoms with Gasteiger partial charge in [0.05, 0.1) is 17.7 Å². The zero-order valence-electron chi connectivity index (χ0n) is 9.33. The third kappa shape index (κ3) is 2.75. The molecule has 1 aliphatic rings. The van der Waals surface area contributed by atoms with Crippen molar-refractivity contribution in [2.24, 2.45) is 0 Å². The SMILES string of the molecule is CNCc1cccc(Br)c1OC1CCOC1. The maximum absolute atomic E-state index is 5.98. The van der Waals surface area contributed by atoms with Crippen LogP contribution in [0.5, 0.6) is 5.75 Å². The molecule has 1 unspecified atom stereocenters. The first-order valence-electron chi connectivity index (χ1n) is 5.47. The van der Waals surface area contributed by atoms with Gasteiger partial charge in [0, 0.05) is 18.5 Å². The minimum Gasteiger partial charge on any atom is -0.486 e. The van der Waals surface area contributed by atoms with Crippen molar-refractivity contribution < 1.29 is 9.47 Å². The van der Waals surface area contributed by atoms with Gasteiger partial charge < -0.3 is 14.8 Å². The summed E-state index contributed by atoms with van der Waals surface area (Å²) in [4.78, 5) is 0. The second kappa shape index (κ2) is 5.66. The van der Waals surface area contributed by atoms with Gasteiger partial charge in [0.15, 0.2) is 0 Å². The molecular formula is C12H16BrNO2. The van der Waals surface area contributed by atoms with Crippen molar-refractivity contribution in [3.63, 3.8) is 0 Å². The lowest BCUT2D eigenvalue weighted by atomic mass is 10.2. The maximum Gasteiger partial charge on any atom is 0.138 e. The van der Waals surface area contributed by atoms with Crippen LogP contribution >= 0.6 is 15.9 Å². The van der Waals surface area contributed by atoms with E-state index in [1.165, 1.54) is 5.56 Å². The molecule has 1 saturated heterocycles. The van der Waals surface area contributed by atoms with Crippen LogP contribution < -0.4 is 10.1 Å². The zero-order valence-corrected chi connectivity index (χ0v) is 10.9. The van der Waals surface area contributed by atoms with E-state index in [0.717, 1.165) is 29.8 Å². The average molecular weight is 286 g/mol. The molecule has 1 atom stereocenters. The summed E-state index contributed by atoms with van der Waals surface area (Å²) >= 11 is 3.53. The maximum atomic E-state index is 5.98. The average Bonchev–Trinajstić information content (AvgIpc) is 2.76. The highest BCUT2D eigenvalue weighted by molar-refractivity contribution is 9.10. The molecule has 88 valence electrons. The van der Waals surface area contributed by atoms with E-state index in [4.69, 9.17) is 9.47 Å². The molecule has 4 heteroatoms. The second-order valence-corrected chi connectivity index (χ2v) is 4.72. The Hall–Kier alpha value is -0.580. The van der Waals surface area contributed by atoms with Gasteiger partial charge in [-0.05, 0) is 29.0 Å². The van der Waals surface area contributed by atoms with Crippen LogP contribution in [0.15, 0.2) is 22.7 Å². The summed E-state index contributed by atoms with van der Waals surface area (Å²) in [6.07, 6.45) is 1.16. The molecule has 1 aliphatic heterocycles. The quantitative estimate of drug-likeness (QED) is 0.921. The van der Waals surface area contributed by atoms with Crippen LogP contribution in [0.4, 0.5) is 0 Å². The molecule has 1 aromatic carbocycles. The number of rotatable bonds is 4. The highest BCUT2D eigenvalue weighted by Crippen LogP contribution is 2.31. The molecule has 1 aromatic rings. The lowest BCUT2D eigenvalue weighted by Crippen LogP contribution is -2.18. The Balaban J connectivity index is 2.16. The molecule has 1 heterocycles. The van der Waals surface area contributed by atoms with Crippen LogP contribution in [0.1, 0.15) is 12.0 Å². The fraction of sp³-hybridized carbons (Fsp3) is 0.500. The predicted molar refractivity (Wildman–Crippen MR) is 66.8 cm³/mol. The van der Waals surface area contributed by atoms with E-state index in [1.807, 2.05) is 19.2 Å². The van der Waals surface area contributed by atoms with E-state index >= 15 is 0 Å². The Morgan fingerprint density at radius 2 is 2.44 bits per heavy atom. The van der Waals surface area contributed by atoms with E-state index < -0.39 is 0 Å². The van der Waals surface area contributed by atoms with Crippen molar-refractivity contribution >= 4 is 15.9 Å². The van der Waals surface area contributed by atoms with Gasteiger partial charge in [0.25, 0.3) is 0 Å². The standard InChI is InChI=1S/C12H16BrNO2/c1-14-7-9-3-2-4-11(13)12(9)16-10-5-6-15-8-10/h2-4,10,14H,5-8H2,1H3. The molecule has 0 amide bonds. The lowest BCUT2D eigenvalue weighted by molar-refractivity contribution is 0.140. The molecule has 0 spiro atoms. The predicted octanol–water partition coefficient (Wildman–Crippen LogP) is 2.34. The first-order chi connectivity index (χ1) is 7.81. The summed E-state index contributed by atoms with van der Waals surface area (Å²) in [5.74, 6) is 0.937. The molecular weight excluding hydrogens is 270 g/mol. The Bertz CT molecular complexity index is 351. The molecule has 0 radical (unpaired) electrons. The zero-order chi connectivity index (χ0) is 11.4. The number of benzene rings is 1. The van der Waals surface area contributed by atoms with E-state index in [2.05, 4.69) is 27.3 Å². The number of ether oxygens (including phenoxy) is 2. The van der Waals surface area contributed by atoms with Crippen LogP contribution in [-0.2, 0) is 11.3 Å². The van der Waals surface area contributed by atoms with E-state index in [0.29, 0.717) is 6.61 Å². The monoisotopic (exact) mass is 285 g/mol. The first kappa shape index (κ1) is 11.9. The molecule has 1 N–H and O–H groups in total. The van der Waals surface area contributed by atoms with Crippen LogP contribution in [-0.4, -0.2) is 26.4 Å². The number of para-hydroxylation sites is 1. The Kier molecular flexibility index (Phi) is 4.21. The number of hydrogen-bond acceptors (Lipinski definition) is 3. The topological polar surface area (TPSA) is 30.5 Å². The number of nitrogens with one attached hydrogen (secondary N) is 1. The van der Waals surface area contributed by atoms with Gasteiger partial charge in [-0.1, -0.05) is 12.1 Å². The molecule has 0 saturated carbocycles. The summed E-state index contributed by atoms with van der Waals surface area (Å²) < 4.78 is 12.3. The van der Waals surface area contributed by atoms with Gasteiger partial charge >= 0.3 is 0 Å². The first-order valence-corrected chi connectivity index (χ1v) is 6.27. The molecule has 0 aromatic heterocycles. The van der Waals surface area contributed by atoms with Crippen LogP contribution in [0, 0.1) is 0 Å². The Morgan fingerprint density at radius 1 is 1.56 bits per heavy atom. The number of hydrogen-bond donors (Lipinski definition) is 1. The fourth-order valence-corrected chi connectivity index (χ4v) is 2.29. The second-order valence-electron chi connectivity index (χ2n) is 3.86. The van der Waals surface area contributed by atoms with Gasteiger partial charge in [0.2, 0.25) is 0 Å². The number of halogens is 1. The van der Waals surface area contributed by atoms with Gasteiger partial charge in [-0.15, -0.1) is 0 Å². The van der Waals surface area contributed by atoms with Gasteiger partial charge in [-0.3, -0.25) is 0 Å². The summed E-state index contributed by atoms with van der Waals surface area (Å²) in [6.45, 7) is 2.30. The highest BCUT2D eigenvalue weighted by atomic mass is 79.9. The molecule has 3 nitrogen and oxygen atoms in total. The Labute approximate surface area is 104 Å². The largest absolute Gasteiger partial charge is 0.486 e. The Morgan fingerprint density at radius 3 is 3.12 bits per heavy atom. The molecule has 16 heavy (non-hydrogen) atoms. The minimum absolute atomic E-state index is 0.189. The summed E-state index contributed by atoms with van der Waals surface area (Å²) in [7, 11) is 1.93. The summed E-state index contributed by atoms with van der Waals surface area (Å²) in [6, 6.07) is 6.10. The third-order valence-corrected chi connectivity index (χ3v) is 3.21. The van der Waals surface area contributed by atoms with E-state index in [9.17, 15) is 0 Å². The van der Waals surface area contributed by atoms with Crippen molar-refractivity contribution in [3.8, 4) is 5.75 Å². The van der Waals surface area contributed by atoms with Crippen molar-refractivity contribution in [1.82, 2.24) is 5.32 Å². The van der Waals surface area contributed by atoms with Crippen molar-refractivity contribution in [1.29, 1.82) is 0 Å². The van der Waals surface area contributed by atoms with E-state index in [1.54, 1.807) is 0 Å². The molecule has 2 rings (SSSR count). The van der Waals surface area contributed by atoms with Crippen molar-refractivity contribution in [2.45, 2.75) is 19.1 Å². The molecule has 0 bridgehead atoms. The van der Waals surface area contributed by atoms with E-state index in [-0.39, 0.29) is 6.10 Å². The lowest BCUT2D eigenvalue weighted by Gasteiger charge is -2.17. The highest BCUT2D eigenvalue weighted by Gasteiger charge is 2.19. The van der Waals surface area contributed by atoms with Crippen molar-refractivity contribution in [3.05, 3.63) is 28.2 Å². The molecule has 0 aliphatic carbocycles.